The van der Waals surface area contributed by atoms with Crippen LogP contribution < -0.4 is 15.8 Å². The molecular weight excluding hydrogens is 330 g/mol. The third-order valence-corrected chi connectivity index (χ3v) is 5.78. The molecule has 1 saturated heterocycles. The molecule has 0 aliphatic carbocycles. The van der Waals surface area contributed by atoms with Gasteiger partial charge in [0, 0.05) is 13.2 Å². The Morgan fingerprint density at radius 3 is 2.62 bits per heavy atom. The quantitative estimate of drug-likeness (QED) is 0.689. The highest BCUT2D eigenvalue weighted by Crippen LogP contribution is 2.20. The second-order valence-electron chi connectivity index (χ2n) is 5.99. The number of amides is 1. The highest BCUT2D eigenvalue weighted by atomic mass is 32.2. The molecule has 0 radical (unpaired) electrons. The van der Waals surface area contributed by atoms with Crippen molar-refractivity contribution >= 4 is 15.9 Å². The van der Waals surface area contributed by atoms with Crippen molar-refractivity contribution in [3.05, 3.63) is 29.8 Å². The monoisotopic (exact) mass is 355 g/mol. The summed E-state index contributed by atoms with van der Waals surface area (Å²) in [6, 6.07) is 5.57. The van der Waals surface area contributed by atoms with Crippen LogP contribution in [0.4, 0.5) is 0 Å². The Hall–Kier alpha value is -1.48. The second-order valence-corrected chi connectivity index (χ2v) is 7.87. The molecule has 1 fully saturated rings. The zero-order chi connectivity index (χ0) is 17.7. The zero-order valence-corrected chi connectivity index (χ0v) is 14.8. The van der Waals surface area contributed by atoms with E-state index in [1.54, 1.807) is 25.1 Å². The maximum absolute atomic E-state index is 12.4. The van der Waals surface area contributed by atoms with E-state index in [0.29, 0.717) is 18.8 Å². The Bertz CT molecular complexity index is 672. The lowest BCUT2D eigenvalue weighted by atomic mass is 9.91. The lowest BCUT2D eigenvalue weighted by Gasteiger charge is -2.28. The number of nitrogens with two attached hydrogens (primary N) is 1. The number of sulfonamides is 1. The molecular formula is C16H25N3O4S. The Morgan fingerprint density at radius 1 is 1.33 bits per heavy atom. The van der Waals surface area contributed by atoms with Gasteiger partial charge in [-0.2, -0.15) is 0 Å². The highest BCUT2D eigenvalue weighted by Gasteiger charge is 2.27. The fourth-order valence-electron chi connectivity index (χ4n) is 2.75. The number of ether oxygens (including phenoxy) is 1. The predicted molar refractivity (Wildman–Crippen MR) is 90.8 cm³/mol. The molecule has 1 aliphatic heterocycles. The first-order valence-corrected chi connectivity index (χ1v) is 9.50. The third kappa shape index (κ3) is 4.54. The van der Waals surface area contributed by atoms with Crippen LogP contribution in [0.3, 0.4) is 0 Å². The molecule has 0 spiro atoms. The van der Waals surface area contributed by atoms with Gasteiger partial charge in [0.05, 0.1) is 17.0 Å². The number of carbonyl (C=O) groups excluding carboxylic acids is 1. The average Bonchev–Trinajstić information content (AvgIpc) is 2.61. The Labute approximate surface area is 143 Å². The smallest absolute Gasteiger partial charge is 0.240 e. The lowest BCUT2D eigenvalue weighted by molar-refractivity contribution is -0.125. The van der Waals surface area contributed by atoms with E-state index in [1.165, 1.54) is 13.1 Å². The standard InChI is InChI=1S/C16H25N3O4S/c1-11(13-4-3-5-14(10-13)24(21,22)18-2)19-16(20)15(17)12-6-8-23-9-7-12/h3-5,10-12,15,18H,6-9,17H2,1-2H3,(H,19,20). The normalized spacial score (nSPS) is 18.8. The summed E-state index contributed by atoms with van der Waals surface area (Å²) in [4.78, 5) is 12.5. The molecule has 7 nitrogen and oxygen atoms in total. The van der Waals surface area contributed by atoms with Gasteiger partial charge in [0.1, 0.15) is 0 Å². The molecule has 1 heterocycles. The first-order valence-electron chi connectivity index (χ1n) is 8.02. The summed E-state index contributed by atoms with van der Waals surface area (Å²) in [5.41, 5.74) is 6.77. The average molecular weight is 355 g/mol. The maximum atomic E-state index is 12.4. The molecule has 1 aromatic rings. The summed E-state index contributed by atoms with van der Waals surface area (Å²) in [5.74, 6) is -0.113. The highest BCUT2D eigenvalue weighted by molar-refractivity contribution is 7.89. The van der Waals surface area contributed by atoms with Crippen LogP contribution in [0.1, 0.15) is 31.4 Å². The summed E-state index contributed by atoms with van der Waals surface area (Å²) >= 11 is 0. The van der Waals surface area contributed by atoms with Crippen molar-refractivity contribution in [3.8, 4) is 0 Å². The molecule has 2 rings (SSSR count). The van der Waals surface area contributed by atoms with Crippen molar-refractivity contribution in [1.29, 1.82) is 0 Å². The Morgan fingerprint density at radius 2 is 2.00 bits per heavy atom. The van der Waals surface area contributed by atoms with Crippen molar-refractivity contribution in [2.24, 2.45) is 11.7 Å². The molecule has 1 aliphatic rings. The fraction of sp³-hybridized carbons (Fsp3) is 0.562. The van der Waals surface area contributed by atoms with Gasteiger partial charge in [-0.05, 0) is 50.4 Å². The second kappa shape index (κ2) is 8.06. The first kappa shape index (κ1) is 18.9. The number of benzene rings is 1. The predicted octanol–water partition coefficient (Wildman–Crippen LogP) is 0.526. The summed E-state index contributed by atoms with van der Waals surface area (Å²) in [6.07, 6.45) is 1.55. The van der Waals surface area contributed by atoms with Gasteiger partial charge in [-0.3, -0.25) is 4.79 Å². The van der Waals surface area contributed by atoms with E-state index in [4.69, 9.17) is 10.5 Å². The van der Waals surface area contributed by atoms with Crippen molar-refractivity contribution in [3.63, 3.8) is 0 Å². The molecule has 4 N–H and O–H groups in total. The Balaban J connectivity index is 2.05. The number of hydrogen-bond acceptors (Lipinski definition) is 5. The van der Waals surface area contributed by atoms with E-state index in [9.17, 15) is 13.2 Å². The number of nitrogens with one attached hydrogen (secondary N) is 2. The number of hydrogen-bond donors (Lipinski definition) is 3. The topological polar surface area (TPSA) is 111 Å². The minimum atomic E-state index is -3.52. The minimum absolute atomic E-state index is 0.113. The van der Waals surface area contributed by atoms with Gasteiger partial charge in [0.25, 0.3) is 0 Å². The van der Waals surface area contributed by atoms with Gasteiger partial charge in [0.15, 0.2) is 0 Å². The van der Waals surface area contributed by atoms with Crippen molar-refractivity contribution in [2.45, 2.75) is 36.7 Å². The maximum Gasteiger partial charge on any atom is 0.240 e. The molecule has 24 heavy (non-hydrogen) atoms. The third-order valence-electron chi connectivity index (χ3n) is 4.37. The zero-order valence-electron chi connectivity index (χ0n) is 14.0. The largest absolute Gasteiger partial charge is 0.381 e. The van der Waals surface area contributed by atoms with Crippen molar-refractivity contribution in [1.82, 2.24) is 10.0 Å². The summed E-state index contributed by atoms with van der Waals surface area (Å²) < 4.78 is 31.3. The molecule has 2 atom stereocenters. The van der Waals surface area contributed by atoms with Crippen LogP contribution in [0.2, 0.25) is 0 Å². The van der Waals surface area contributed by atoms with Crippen LogP contribution in [0.5, 0.6) is 0 Å². The van der Waals surface area contributed by atoms with Gasteiger partial charge in [0.2, 0.25) is 15.9 Å². The van der Waals surface area contributed by atoms with E-state index >= 15 is 0 Å². The Kier molecular flexibility index (Phi) is 6.34. The molecule has 1 amide bonds. The molecule has 0 aromatic heterocycles. The molecule has 1 aromatic carbocycles. The van der Waals surface area contributed by atoms with Crippen LogP contribution in [-0.2, 0) is 19.6 Å². The number of rotatable bonds is 6. The van der Waals surface area contributed by atoms with Crippen LogP contribution in [0.25, 0.3) is 0 Å². The fourth-order valence-corrected chi connectivity index (χ4v) is 3.54. The molecule has 0 saturated carbocycles. The SMILES string of the molecule is CNS(=O)(=O)c1cccc(C(C)NC(=O)C(N)C2CCOCC2)c1. The van der Waals surface area contributed by atoms with Crippen LogP contribution >= 0.6 is 0 Å². The van der Waals surface area contributed by atoms with Gasteiger partial charge < -0.3 is 15.8 Å². The van der Waals surface area contributed by atoms with E-state index in [0.717, 1.165) is 12.8 Å². The van der Waals surface area contributed by atoms with Crippen LogP contribution in [0.15, 0.2) is 29.2 Å². The van der Waals surface area contributed by atoms with Gasteiger partial charge >= 0.3 is 0 Å². The van der Waals surface area contributed by atoms with Crippen LogP contribution in [-0.4, -0.2) is 40.6 Å². The van der Waals surface area contributed by atoms with Crippen LogP contribution in [0, 0.1) is 5.92 Å². The van der Waals surface area contributed by atoms with Gasteiger partial charge in [-0.25, -0.2) is 13.1 Å². The first-order chi connectivity index (χ1) is 11.3. The van der Waals surface area contributed by atoms with E-state index < -0.39 is 16.1 Å². The van der Waals surface area contributed by atoms with E-state index in [-0.39, 0.29) is 22.8 Å². The van der Waals surface area contributed by atoms with Gasteiger partial charge in [-0.1, -0.05) is 12.1 Å². The van der Waals surface area contributed by atoms with Crippen molar-refractivity contribution in [2.75, 3.05) is 20.3 Å². The summed E-state index contributed by atoms with van der Waals surface area (Å²) in [6.45, 7) is 3.07. The summed E-state index contributed by atoms with van der Waals surface area (Å²) in [5, 5.41) is 2.87. The molecule has 134 valence electrons. The summed E-state index contributed by atoms with van der Waals surface area (Å²) in [7, 11) is -2.16. The lowest BCUT2D eigenvalue weighted by Crippen LogP contribution is -2.47. The van der Waals surface area contributed by atoms with Crippen molar-refractivity contribution < 1.29 is 17.9 Å². The van der Waals surface area contributed by atoms with Gasteiger partial charge in [-0.15, -0.1) is 0 Å². The van der Waals surface area contributed by atoms with E-state index in [2.05, 4.69) is 10.0 Å². The molecule has 2 unspecified atom stereocenters. The van der Waals surface area contributed by atoms with E-state index in [1.807, 2.05) is 0 Å². The minimum Gasteiger partial charge on any atom is -0.381 e. The molecule has 0 bridgehead atoms. The molecule has 8 heteroatoms. The number of carbonyl (C=O) groups is 1.